The summed E-state index contributed by atoms with van der Waals surface area (Å²) in [6, 6.07) is 1.76. The molecule has 0 saturated carbocycles. The Morgan fingerprint density at radius 2 is 2.38 bits per heavy atom. The number of aromatic nitrogens is 2. The van der Waals surface area contributed by atoms with Crippen molar-refractivity contribution in [2.24, 2.45) is 0 Å². The van der Waals surface area contributed by atoms with Gasteiger partial charge in [0.1, 0.15) is 6.04 Å². The molecule has 21 heavy (non-hydrogen) atoms. The van der Waals surface area contributed by atoms with E-state index in [1.54, 1.807) is 22.7 Å². The molecule has 114 valence electrons. The minimum absolute atomic E-state index is 0.0669. The lowest BCUT2D eigenvalue weighted by Gasteiger charge is -2.20. The van der Waals surface area contributed by atoms with Crippen molar-refractivity contribution in [3.05, 3.63) is 12.3 Å². The summed E-state index contributed by atoms with van der Waals surface area (Å²) in [7, 11) is 0. The van der Waals surface area contributed by atoms with Gasteiger partial charge in [-0.1, -0.05) is 0 Å². The number of carbonyl (C=O) groups excluding carboxylic acids is 2. The molecule has 2 aliphatic heterocycles. The van der Waals surface area contributed by atoms with Crippen molar-refractivity contribution in [3.8, 4) is 0 Å². The summed E-state index contributed by atoms with van der Waals surface area (Å²) in [5, 5.41) is 10.5. The van der Waals surface area contributed by atoms with Crippen molar-refractivity contribution in [3.63, 3.8) is 0 Å². The second-order valence-electron chi connectivity index (χ2n) is 5.32. The molecule has 2 aliphatic rings. The summed E-state index contributed by atoms with van der Waals surface area (Å²) in [4.78, 5) is 25.4. The molecule has 2 atom stereocenters. The van der Waals surface area contributed by atoms with E-state index in [9.17, 15) is 9.59 Å². The summed E-state index contributed by atoms with van der Waals surface area (Å²) in [6.07, 6.45) is 2.94. The van der Waals surface area contributed by atoms with E-state index in [4.69, 9.17) is 0 Å². The highest BCUT2D eigenvalue weighted by atomic mass is 32.2. The zero-order chi connectivity index (χ0) is 14.8. The van der Waals surface area contributed by atoms with E-state index in [-0.39, 0.29) is 11.8 Å². The SMILES string of the molecule is CC(=O)N1CSC[C@@H]1C(=O)Nc1ccn([C@@H]2CCNC2)n1. The summed E-state index contributed by atoms with van der Waals surface area (Å²) >= 11 is 1.59. The number of nitrogens with zero attached hydrogens (tertiary/aromatic N) is 3. The maximum absolute atomic E-state index is 12.3. The van der Waals surface area contributed by atoms with Gasteiger partial charge >= 0.3 is 0 Å². The van der Waals surface area contributed by atoms with E-state index >= 15 is 0 Å². The van der Waals surface area contributed by atoms with E-state index in [1.165, 1.54) is 6.92 Å². The normalized spacial score (nSPS) is 25.3. The van der Waals surface area contributed by atoms with Crippen LogP contribution in [-0.4, -0.2) is 57.3 Å². The van der Waals surface area contributed by atoms with Crippen LogP contribution in [0.25, 0.3) is 0 Å². The smallest absolute Gasteiger partial charge is 0.249 e. The average Bonchev–Trinajstić information content (AvgIpc) is 3.19. The molecule has 3 rings (SSSR count). The second-order valence-corrected chi connectivity index (χ2v) is 6.32. The summed E-state index contributed by atoms with van der Waals surface area (Å²) in [6.45, 7) is 3.40. The van der Waals surface area contributed by atoms with Crippen molar-refractivity contribution in [2.75, 3.05) is 30.0 Å². The van der Waals surface area contributed by atoms with Gasteiger partial charge in [0.25, 0.3) is 0 Å². The van der Waals surface area contributed by atoms with Crippen LogP contribution in [0.2, 0.25) is 0 Å². The Morgan fingerprint density at radius 3 is 3.10 bits per heavy atom. The zero-order valence-corrected chi connectivity index (χ0v) is 12.7. The molecule has 0 bridgehead atoms. The number of thioether (sulfide) groups is 1. The van der Waals surface area contributed by atoms with Crippen LogP contribution in [0.5, 0.6) is 0 Å². The Labute approximate surface area is 127 Å². The van der Waals surface area contributed by atoms with Gasteiger partial charge in [0.2, 0.25) is 11.8 Å². The van der Waals surface area contributed by atoms with Gasteiger partial charge in [0, 0.05) is 31.5 Å². The number of hydrogen-bond donors (Lipinski definition) is 2. The molecule has 0 spiro atoms. The van der Waals surface area contributed by atoms with E-state index in [2.05, 4.69) is 15.7 Å². The first-order valence-electron chi connectivity index (χ1n) is 7.07. The molecule has 2 fully saturated rings. The molecule has 0 radical (unpaired) electrons. The Kier molecular flexibility index (Phi) is 4.16. The summed E-state index contributed by atoms with van der Waals surface area (Å²) < 4.78 is 1.89. The van der Waals surface area contributed by atoms with Crippen LogP contribution < -0.4 is 10.6 Å². The molecule has 8 heteroatoms. The fourth-order valence-electron chi connectivity index (χ4n) is 2.65. The predicted molar refractivity (Wildman–Crippen MR) is 81.0 cm³/mol. The summed E-state index contributed by atoms with van der Waals surface area (Å²) in [5.74, 6) is 1.54. The maximum atomic E-state index is 12.3. The topological polar surface area (TPSA) is 79.3 Å². The van der Waals surface area contributed by atoms with Gasteiger partial charge in [-0.05, 0) is 13.0 Å². The Morgan fingerprint density at radius 1 is 1.52 bits per heavy atom. The molecular formula is C13H19N5O2S. The van der Waals surface area contributed by atoms with Gasteiger partial charge in [0.05, 0.1) is 11.9 Å². The molecule has 7 nitrogen and oxygen atoms in total. The number of amides is 2. The van der Waals surface area contributed by atoms with Gasteiger partial charge < -0.3 is 15.5 Å². The van der Waals surface area contributed by atoms with Crippen LogP contribution in [0.15, 0.2) is 12.3 Å². The van der Waals surface area contributed by atoms with Crippen LogP contribution in [0.3, 0.4) is 0 Å². The quantitative estimate of drug-likeness (QED) is 0.838. The van der Waals surface area contributed by atoms with Crippen molar-refractivity contribution >= 4 is 29.4 Å². The third-order valence-corrected chi connectivity index (χ3v) is 4.87. The first kappa shape index (κ1) is 14.4. The molecule has 2 saturated heterocycles. The Bertz CT molecular complexity index is 540. The van der Waals surface area contributed by atoms with Crippen LogP contribution in [-0.2, 0) is 9.59 Å². The van der Waals surface area contributed by atoms with E-state index in [1.807, 2.05) is 10.9 Å². The average molecular weight is 309 g/mol. The maximum Gasteiger partial charge on any atom is 0.249 e. The number of hydrogen-bond acceptors (Lipinski definition) is 5. The van der Waals surface area contributed by atoms with E-state index in [0.29, 0.717) is 23.5 Å². The van der Waals surface area contributed by atoms with E-state index < -0.39 is 6.04 Å². The zero-order valence-electron chi connectivity index (χ0n) is 11.9. The lowest BCUT2D eigenvalue weighted by atomic mass is 10.2. The minimum atomic E-state index is -0.397. The molecule has 0 aromatic carbocycles. The molecule has 3 heterocycles. The lowest BCUT2D eigenvalue weighted by Crippen LogP contribution is -2.43. The number of carbonyl (C=O) groups is 2. The molecule has 2 amide bonds. The van der Waals surface area contributed by atoms with E-state index in [0.717, 1.165) is 19.5 Å². The van der Waals surface area contributed by atoms with Crippen molar-refractivity contribution < 1.29 is 9.59 Å². The third kappa shape index (κ3) is 3.06. The lowest BCUT2D eigenvalue weighted by molar-refractivity contribution is -0.134. The standard InChI is InChI=1S/C13H19N5O2S/c1-9(19)17-8-21-7-11(17)13(20)15-12-3-5-18(16-12)10-2-4-14-6-10/h3,5,10-11,14H,2,4,6-8H2,1H3,(H,15,16,20)/t10-,11-/m1/s1. The molecule has 1 aromatic heterocycles. The largest absolute Gasteiger partial charge is 0.321 e. The van der Waals surface area contributed by atoms with Crippen LogP contribution in [0, 0.1) is 0 Å². The highest BCUT2D eigenvalue weighted by molar-refractivity contribution is 7.99. The third-order valence-electron chi connectivity index (χ3n) is 3.86. The number of nitrogens with one attached hydrogen (secondary N) is 2. The van der Waals surface area contributed by atoms with Gasteiger partial charge in [-0.25, -0.2) is 0 Å². The highest BCUT2D eigenvalue weighted by Crippen LogP contribution is 2.22. The molecule has 0 aliphatic carbocycles. The van der Waals surface area contributed by atoms with Crippen molar-refractivity contribution in [1.82, 2.24) is 20.0 Å². The monoisotopic (exact) mass is 309 g/mol. The number of rotatable bonds is 3. The minimum Gasteiger partial charge on any atom is -0.321 e. The Balaban J connectivity index is 1.63. The van der Waals surface area contributed by atoms with Crippen LogP contribution in [0.4, 0.5) is 5.82 Å². The van der Waals surface area contributed by atoms with Gasteiger partial charge in [-0.2, -0.15) is 5.10 Å². The van der Waals surface area contributed by atoms with Gasteiger partial charge in [-0.15, -0.1) is 11.8 Å². The van der Waals surface area contributed by atoms with Crippen molar-refractivity contribution in [1.29, 1.82) is 0 Å². The van der Waals surface area contributed by atoms with Crippen LogP contribution in [0.1, 0.15) is 19.4 Å². The first-order chi connectivity index (χ1) is 10.1. The van der Waals surface area contributed by atoms with Gasteiger partial charge in [-0.3, -0.25) is 14.3 Å². The molecular weight excluding hydrogens is 290 g/mol. The predicted octanol–water partition coefficient (Wildman–Crippen LogP) is 0.277. The highest BCUT2D eigenvalue weighted by Gasteiger charge is 2.33. The first-order valence-corrected chi connectivity index (χ1v) is 8.22. The summed E-state index contributed by atoms with van der Waals surface area (Å²) in [5.41, 5.74) is 0. The number of anilines is 1. The Hall–Kier alpha value is -1.54. The molecule has 1 aromatic rings. The fourth-order valence-corrected chi connectivity index (χ4v) is 3.87. The van der Waals surface area contributed by atoms with Gasteiger partial charge in [0.15, 0.2) is 5.82 Å². The molecule has 0 unspecified atom stereocenters. The van der Waals surface area contributed by atoms with Crippen LogP contribution >= 0.6 is 11.8 Å². The fraction of sp³-hybridized carbons (Fsp3) is 0.615. The van der Waals surface area contributed by atoms with Crippen molar-refractivity contribution in [2.45, 2.75) is 25.4 Å². The molecule has 2 N–H and O–H groups in total. The second kappa shape index (κ2) is 6.07.